The van der Waals surface area contributed by atoms with Gasteiger partial charge in [-0.3, -0.25) is 9.59 Å². The van der Waals surface area contributed by atoms with Crippen LogP contribution < -0.4 is 16.4 Å². The van der Waals surface area contributed by atoms with Crippen molar-refractivity contribution < 1.29 is 19.5 Å². The predicted octanol–water partition coefficient (Wildman–Crippen LogP) is 1.12. The fourth-order valence-electron chi connectivity index (χ4n) is 2.21. The summed E-state index contributed by atoms with van der Waals surface area (Å²) in [6, 6.07) is -2.49. The first kappa shape index (κ1) is 22.4. The van der Waals surface area contributed by atoms with E-state index < -0.39 is 35.9 Å². The predicted molar refractivity (Wildman–Crippen MR) is 93.2 cm³/mol. The maximum Gasteiger partial charge on any atom is 0.326 e. The minimum Gasteiger partial charge on any atom is -0.480 e. The Hall–Kier alpha value is -1.63. The summed E-state index contributed by atoms with van der Waals surface area (Å²) in [5.41, 5.74) is 5.82. The maximum absolute atomic E-state index is 12.5. The fraction of sp³-hybridized carbons (Fsp3) is 0.824. The highest BCUT2D eigenvalue weighted by Gasteiger charge is 2.31. The third-order valence-electron chi connectivity index (χ3n) is 4.14. The van der Waals surface area contributed by atoms with E-state index in [9.17, 15) is 19.5 Å². The molecule has 0 spiro atoms. The van der Waals surface area contributed by atoms with Gasteiger partial charge >= 0.3 is 5.97 Å². The smallest absolute Gasteiger partial charge is 0.326 e. The summed E-state index contributed by atoms with van der Waals surface area (Å²) in [5, 5.41) is 14.5. The van der Waals surface area contributed by atoms with Gasteiger partial charge in [-0.1, -0.05) is 48.0 Å². The standard InChI is InChI=1S/C17H33N3O4/c1-7-11(6)14(17(23)24)20-15(21)12(8-9(2)3)19-16(22)13(18)10(4)5/h9-14H,7-8,18H2,1-6H3,(H,19,22)(H,20,21)(H,23,24). The minimum absolute atomic E-state index is 0.0559. The van der Waals surface area contributed by atoms with Crippen LogP contribution in [0.4, 0.5) is 0 Å². The second-order valence-corrected chi connectivity index (χ2v) is 7.17. The molecule has 140 valence electrons. The number of carboxylic acids is 1. The van der Waals surface area contributed by atoms with Crippen molar-refractivity contribution in [2.24, 2.45) is 23.5 Å². The number of hydrogen-bond acceptors (Lipinski definition) is 4. The number of amides is 2. The van der Waals surface area contributed by atoms with Crippen molar-refractivity contribution >= 4 is 17.8 Å². The SMILES string of the molecule is CCC(C)C(NC(=O)C(CC(C)C)NC(=O)C(N)C(C)C)C(=O)O. The summed E-state index contributed by atoms with van der Waals surface area (Å²) in [7, 11) is 0. The number of carboxylic acid groups (broad SMARTS) is 1. The van der Waals surface area contributed by atoms with E-state index in [1.165, 1.54) is 0 Å². The van der Waals surface area contributed by atoms with Crippen molar-refractivity contribution in [1.29, 1.82) is 0 Å². The molecule has 0 aromatic carbocycles. The molecule has 24 heavy (non-hydrogen) atoms. The summed E-state index contributed by atoms with van der Waals surface area (Å²) in [6.07, 6.45) is 1.03. The van der Waals surface area contributed by atoms with Crippen LogP contribution in [0.2, 0.25) is 0 Å². The van der Waals surface area contributed by atoms with Gasteiger partial charge in [0.05, 0.1) is 6.04 Å². The summed E-state index contributed by atoms with van der Waals surface area (Å²) in [4.78, 5) is 36.0. The van der Waals surface area contributed by atoms with Crippen LogP contribution in [-0.2, 0) is 14.4 Å². The van der Waals surface area contributed by atoms with E-state index in [0.29, 0.717) is 12.8 Å². The molecule has 0 bridgehead atoms. The second-order valence-electron chi connectivity index (χ2n) is 7.17. The summed E-state index contributed by atoms with van der Waals surface area (Å²) >= 11 is 0. The Balaban J connectivity index is 5.12. The average molecular weight is 343 g/mol. The molecule has 4 unspecified atom stereocenters. The van der Waals surface area contributed by atoms with E-state index in [1.807, 2.05) is 34.6 Å². The molecule has 0 fully saturated rings. The van der Waals surface area contributed by atoms with Crippen molar-refractivity contribution in [2.45, 2.75) is 72.5 Å². The average Bonchev–Trinajstić information content (AvgIpc) is 2.48. The highest BCUT2D eigenvalue weighted by molar-refractivity contribution is 5.91. The van der Waals surface area contributed by atoms with Crippen LogP contribution in [0.15, 0.2) is 0 Å². The second kappa shape index (κ2) is 10.3. The number of carbonyl (C=O) groups is 3. The Bertz CT molecular complexity index is 438. The van der Waals surface area contributed by atoms with Gasteiger partial charge in [0, 0.05) is 0 Å². The van der Waals surface area contributed by atoms with Crippen molar-refractivity contribution in [3.05, 3.63) is 0 Å². The Labute approximate surface area is 144 Å². The normalized spacial score (nSPS) is 16.4. The monoisotopic (exact) mass is 343 g/mol. The molecule has 7 nitrogen and oxygen atoms in total. The Kier molecular flexibility index (Phi) is 9.58. The van der Waals surface area contributed by atoms with E-state index in [1.54, 1.807) is 6.92 Å². The number of nitrogens with one attached hydrogen (secondary N) is 2. The van der Waals surface area contributed by atoms with E-state index >= 15 is 0 Å². The van der Waals surface area contributed by atoms with Crippen LogP contribution in [0.1, 0.15) is 54.4 Å². The van der Waals surface area contributed by atoms with Crippen molar-refractivity contribution in [3.8, 4) is 0 Å². The van der Waals surface area contributed by atoms with Crippen LogP contribution in [0.25, 0.3) is 0 Å². The van der Waals surface area contributed by atoms with E-state index in [-0.39, 0.29) is 17.8 Å². The highest BCUT2D eigenvalue weighted by Crippen LogP contribution is 2.11. The van der Waals surface area contributed by atoms with Crippen LogP contribution in [-0.4, -0.2) is 41.0 Å². The number of carbonyl (C=O) groups excluding carboxylic acids is 2. The lowest BCUT2D eigenvalue weighted by molar-refractivity contribution is -0.143. The molecule has 2 amide bonds. The van der Waals surface area contributed by atoms with Crippen molar-refractivity contribution in [3.63, 3.8) is 0 Å². The van der Waals surface area contributed by atoms with Gasteiger partial charge in [0.15, 0.2) is 0 Å². The van der Waals surface area contributed by atoms with Crippen LogP contribution in [0.3, 0.4) is 0 Å². The molecular formula is C17H33N3O4. The Morgan fingerprint density at radius 2 is 1.54 bits per heavy atom. The van der Waals surface area contributed by atoms with Gasteiger partial charge in [-0.25, -0.2) is 4.79 Å². The molecule has 0 saturated heterocycles. The quantitative estimate of drug-likeness (QED) is 0.473. The minimum atomic E-state index is -1.08. The molecule has 0 radical (unpaired) electrons. The molecule has 0 heterocycles. The number of nitrogens with two attached hydrogens (primary N) is 1. The molecule has 0 aromatic rings. The van der Waals surface area contributed by atoms with Crippen molar-refractivity contribution in [2.75, 3.05) is 0 Å². The van der Waals surface area contributed by atoms with Crippen LogP contribution in [0.5, 0.6) is 0 Å². The molecule has 0 saturated carbocycles. The Morgan fingerprint density at radius 1 is 1.00 bits per heavy atom. The van der Waals surface area contributed by atoms with E-state index in [0.717, 1.165) is 0 Å². The lowest BCUT2D eigenvalue weighted by atomic mass is 9.97. The summed E-state index contributed by atoms with van der Waals surface area (Å²) < 4.78 is 0. The van der Waals surface area contributed by atoms with Gasteiger partial charge in [-0.2, -0.15) is 0 Å². The molecule has 4 atom stereocenters. The third kappa shape index (κ3) is 7.29. The molecule has 5 N–H and O–H groups in total. The molecule has 0 aliphatic heterocycles. The molecule has 0 aliphatic rings. The molecule has 0 aliphatic carbocycles. The number of hydrogen-bond donors (Lipinski definition) is 4. The van der Waals surface area contributed by atoms with E-state index in [2.05, 4.69) is 10.6 Å². The first-order valence-electron chi connectivity index (χ1n) is 8.60. The largest absolute Gasteiger partial charge is 0.480 e. The van der Waals surface area contributed by atoms with Crippen LogP contribution >= 0.6 is 0 Å². The van der Waals surface area contributed by atoms with E-state index in [4.69, 9.17) is 5.73 Å². The Morgan fingerprint density at radius 3 is 1.92 bits per heavy atom. The fourth-order valence-corrected chi connectivity index (χ4v) is 2.21. The number of aliphatic carboxylic acids is 1. The zero-order valence-electron chi connectivity index (χ0n) is 15.6. The molecule has 0 aromatic heterocycles. The van der Waals surface area contributed by atoms with Gasteiger partial charge < -0.3 is 21.5 Å². The first-order valence-corrected chi connectivity index (χ1v) is 8.60. The van der Waals surface area contributed by atoms with Gasteiger partial charge in [0.2, 0.25) is 11.8 Å². The lowest BCUT2D eigenvalue weighted by Crippen LogP contribution is -2.56. The molecular weight excluding hydrogens is 310 g/mol. The van der Waals surface area contributed by atoms with Crippen molar-refractivity contribution in [1.82, 2.24) is 10.6 Å². The maximum atomic E-state index is 12.5. The molecule has 0 rings (SSSR count). The molecule has 7 heteroatoms. The third-order valence-corrected chi connectivity index (χ3v) is 4.14. The number of rotatable bonds is 10. The zero-order valence-corrected chi connectivity index (χ0v) is 15.6. The zero-order chi connectivity index (χ0) is 19.0. The van der Waals surface area contributed by atoms with Crippen LogP contribution in [0, 0.1) is 17.8 Å². The topological polar surface area (TPSA) is 122 Å². The van der Waals surface area contributed by atoms with Gasteiger partial charge in [0.1, 0.15) is 12.1 Å². The van der Waals surface area contributed by atoms with Gasteiger partial charge in [-0.05, 0) is 24.2 Å². The van der Waals surface area contributed by atoms with Gasteiger partial charge in [-0.15, -0.1) is 0 Å². The first-order chi connectivity index (χ1) is 11.0. The van der Waals surface area contributed by atoms with Gasteiger partial charge in [0.25, 0.3) is 0 Å². The highest BCUT2D eigenvalue weighted by atomic mass is 16.4. The summed E-state index contributed by atoms with van der Waals surface area (Å²) in [6.45, 7) is 11.1. The lowest BCUT2D eigenvalue weighted by Gasteiger charge is -2.26. The summed E-state index contributed by atoms with van der Waals surface area (Å²) in [5.74, 6) is -2.07.